The van der Waals surface area contributed by atoms with Gasteiger partial charge in [-0.15, -0.1) is 0 Å². The van der Waals surface area contributed by atoms with E-state index >= 15 is 0 Å². The summed E-state index contributed by atoms with van der Waals surface area (Å²) in [5.41, 5.74) is 1.43. The largest absolute Gasteiger partial charge is 0.469 e. The fourth-order valence-corrected chi connectivity index (χ4v) is 1.88. The minimum atomic E-state index is 0.358. The summed E-state index contributed by atoms with van der Waals surface area (Å²) in [5, 5.41) is 12.4. The van der Waals surface area contributed by atoms with Gasteiger partial charge in [0.1, 0.15) is 17.5 Å². The predicted octanol–water partition coefficient (Wildman–Crippen LogP) is 2.66. The molecule has 2 heterocycles. The third-order valence-corrected chi connectivity index (χ3v) is 3.04. The van der Waals surface area contributed by atoms with Crippen molar-refractivity contribution in [2.75, 3.05) is 0 Å². The first-order valence-corrected chi connectivity index (χ1v) is 6.39. The predicted molar refractivity (Wildman–Crippen MR) is 72.3 cm³/mol. The molecule has 0 fully saturated rings. The van der Waals surface area contributed by atoms with Crippen molar-refractivity contribution in [2.24, 2.45) is 0 Å². The van der Waals surface area contributed by atoms with Crippen molar-refractivity contribution in [3.63, 3.8) is 0 Å². The second-order valence-corrected chi connectivity index (χ2v) is 4.52. The van der Waals surface area contributed by atoms with Crippen molar-refractivity contribution in [3.8, 4) is 6.07 Å². The van der Waals surface area contributed by atoms with Crippen LogP contribution in [0.1, 0.15) is 30.4 Å². The van der Waals surface area contributed by atoms with Crippen LogP contribution in [0.5, 0.6) is 0 Å². The lowest BCUT2D eigenvalue weighted by atomic mass is 10.1. The van der Waals surface area contributed by atoms with E-state index in [4.69, 9.17) is 9.68 Å². The van der Waals surface area contributed by atoms with Gasteiger partial charge in [0.25, 0.3) is 0 Å². The van der Waals surface area contributed by atoms with Gasteiger partial charge < -0.3 is 9.73 Å². The highest BCUT2D eigenvalue weighted by atomic mass is 16.3. The zero-order chi connectivity index (χ0) is 13.5. The Kier molecular flexibility index (Phi) is 4.71. The Balaban J connectivity index is 1.80. The molecule has 2 aromatic heterocycles. The second kappa shape index (κ2) is 6.72. The van der Waals surface area contributed by atoms with E-state index in [1.165, 1.54) is 0 Å². The van der Waals surface area contributed by atoms with Crippen molar-refractivity contribution in [1.82, 2.24) is 10.3 Å². The molecule has 0 aliphatic rings. The molecule has 1 unspecified atom stereocenters. The fraction of sp³-hybridized carbons (Fsp3) is 0.333. The van der Waals surface area contributed by atoms with E-state index < -0.39 is 0 Å². The minimum Gasteiger partial charge on any atom is -0.469 e. The lowest BCUT2D eigenvalue weighted by Gasteiger charge is -2.13. The molecule has 0 amide bonds. The summed E-state index contributed by atoms with van der Waals surface area (Å²) in [4.78, 5) is 4.05. The fourth-order valence-electron chi connectivity index (χ4n) is 1.88. The first-order chi connectivity index (χ1) is 9.29. The Morgan fingerprint density at radius 2 is 2.32 bits per heavy atom. The van der Waals surface area contributed by atoms with Gasteiger partial charge in [0, 0.05) is 30.8 Å². The summed E-state index contributed by atoms with van der Waals surface area (Å²) in [6, 6.07) is 10.1. The van der Waals surface area contributed by atoms with E-state index in [-0.39, 0.29) is 0 Å². The van der Waals surface area contributed by atoms with Gasteiger partial charge in [-0.1, -0.05) is 6.07 Å². The zero-order valence-electron chi connectivity index (χ0n) is 11.0. The molecule has 0 saturated carbocycles. The third-order valence-electron chi connectivity index (χ3n) is 3.04. The number of aromatic nitrogens is 1. The van der Waals surface area contributed by atoms with E-state index in [0.29, 0.717) is 18.3 Å². The smallest absolute Gasteiger partial charge is 0.144 e. The van der Waals surface area contributed by atoms with Crippen LogP contribution in [0.3, 0.4) is 0 Å². The first kappa shape index (κ1) is 13.3. The molecule has 0 bridgehead atoms. The summed E-state index contributed by atoms with van der Waals surface area (Å²) < 4.78 is 5.30. The third kappa shape index (κ3) is 3.94. The van der Waals surface area contributed by atoms with E-state index in [1.807, 2.05) is 24.3 Å². The highest BCUT2D eigenvalue weighted by Crippen LogP contribution is 2.08. The molecule has 2 rings (SSSR count). The second-order valence-electron chi connectivity index (χ2n) is 4.52. The number of pyridine rings is 1. The molecule has 0 aromatic carbocycles. The summed E-state index contributed by atoms with van der Waals surface area (Å²) in [7, 11) is 0. The van der Waals surface area contributed by atoms with Crippen LogP contribution in [0, 0.1) is 11.3 Å². The van der Waals surface area contributed by atoms with Crippen molar-refractivity contribution >= 4 is 0 Å². The van der Waals surface area contributed by atoms with Crippen molar-refractivity contribution in [3.05, 3.63) is 53.7 Å². The minimum absolute atomic E-state index is 0.358. The monoisotopic (exact) mass is 255 g/mol. The van der Waals surface area contributed by atoms with Crippen molar-refractivity contribution in [2.45, 2.75) is 32.4 Å². The molecule has 2 aromatic rings. The van der Waals surface area contributed by atoms with Crippen LogP contribution >= 0.6 is 0 Å². The molecule has 0 aliphatic carbocycles. The number of nitrogens with zero attached hydrogens (tertiary/aromatic N) is 2. The standard InChI is InChI=1S/C15H17N3O/c1-12(6-7-14-5-3-9-19-14)18-11-13-4-2-8-17-15(13)10-16/h2-5,8-9,12,18H,6-7,11H2,1H3. The molecule has 4 nitrogen and oxygen atoms in total. The lowest BCUT2D eigenvalue weighted by molar-refractivity contribution is 0.459. The Labute approximate surface area is 113 Å². The van der Waals surface area contributed by atoms with E-state index in [9.17, 15) is 0 Å². The van der Waals surface area contributed by atoms with Gasteiger partial charge in [-0.3, -0.25) is 0 Å². The molecule has 4 heteroatoms. The quantitative estimate of drug-likeness (QED) is 0.862. The van der Waals surface area contributed by atoms with Gasteiger partial charge in [0.2, 0.25) is 0 Å². The van der Waals surface area contributed by atoms with E-state index in [1.54, 1.807) is 12.5 Å². The number of hydrogen-bond donors (Lipinski definition) is 1. The Morgan fingerprint density at radius 3 is 3.05 bits per heavy atom. The summed E-state index contributed by atoms with van der Waals surface area (Å²) in [6.07, 6.45) is 5.25. The Morgan fingerprint density at radius 1 is 1.42 bits per heavy atom. The molecule has 98 valence electrons. The SMILES string of the molecule is CC(CCc1ccco1)NCc1cccnc1C#N. The molecular weight excluding hydrogens is 238 g/mol. The summed E-state index contributed by atoms with van der Waals surface area (Å²) >= 11 is 0. The van der Waals surface area contributed by atoms with E-state index in [2.05, 4.69) is 23.3 Å². The van der Waals surface area contributed by atoms with Crippen molar-refractivity contribution in [1.29, 1.82) is 5.26 Å². The van der Waals surface area contributed by atoms with Crippen molar-refractivity contribution < 1.29 is 4.42 Å². The molecule has 0 spiro atoms. The van der Waals surface area contributed by atoms with Gasteiger partial charge in [-0.2, -0.15) is 5.26 Å². The lowest BCUT2D eigenvalue weighted by Crippen LogP contribution is -2.26. The zero-order valence-corrected chi connectivity index (χ0v) is 11.0. The first-order valence-electron chi connectivity index (χ1n) is 6.39. The summed E-state index contributed by atoms with van der Waals surface area (Å²) in [5.74, 6) is 1.01. The topological polar surface area (TPSA) is 61.9 Å². The number of nitrogens with one attached hydrogen (secondary N) is 1. The summed E-state index contributed by atoms with van der Waals surface area (Å²) in [6.45, 7) is 2.79. The van der Waals surface area contributed by atoms with Crippen LogP contribution in [0.25, 0.3) is 0 Å². The van der Waals surface area contributed by atoms with Crippen LogP contribution in [0.15, 0.2) is 41.1 Å². The molecule has 1 atom stereocenters. The molecular formula is C15H17N3O. The van der Waals surface area contributed by atoms with Crippen LogP contribution in [0.2, 0.25) is 0 Å². The van der Waals surface area contributed by atoms with Gasteiger partial charge in [0.05, 0.1) is 6.26 Å². The van der Waals surface area contributed by atoms with Gasteiger partial charge in [0.15, 0.2) is 0 Å². The Bertz CT molecular complexity index is 543. The van der Waals surface area contributed by atoms with Crippen LogP contribution in [-0.4, -0.2) is 11.0 Å². The van der Waals surface area contributed by atoms with Crippen LogP contribution < -0.4 is 5.32 Å². The molecule has 0 radical (unpaired) electrons. The normalized spacial score (nSPS) is 12.0. The number of hydrogen-bond acceptors (Lipinski definition) is 4. The highest BCUT2D eigenvalue weighted by Gasteiger charge is 2.06. The molecule has 19 heavy (non-hydrogen) atoms. The van der Waals surface area contributed by atoms with Gasteiger partial charge >= 0.3 is 0 Å². The number of furan rings is 1. The number of aryl methyl sites for hydroxylation is 1. The molecule has 1 N–H and O–H groups in total. The number of rotatable bonds is 6. The van der Waals surface area contributed by atoms with Crippen LogP contribution in [0.4, 0.5) is 0 Å². The van der Waals surface area contributed by atoms with Gasteiger partial charge in [-0.25, -0.2) is 4.98 Å². The maximum atomic E-state index is 8.96. The number of nitriles is 1. The van der Waals surface area contributed by atoms with Crippen LogP contribution in [-0.2, 0) is 13.0 Å². The Hall–Kier alpha value is -2.12. The highest BCUT2D eigenvalue weighted by molar-refractivity contribution is 5.30. The van der Waals surface area contributed by atoms with E-state index in [0.717, 1.165) is 24.2 Å². The average Bonchev–Trinajstić information content (AvgIpc) is 2.96. The maximum absolute atomic E-state index is 8.96. The average molecular weight is 255 g/mol. The molecule has 0 aliphatic heterocycles. The molecule has 0 saturated heterocycles. The van der Waals surface area contributed by atoms with Gasteiger partial charge in [-0.05, 0) is 31.5 Å². The maximum Gasteiger partial charge on any atom is 0.144 e.